The van der Waals surface area contributed by atoms with E-state index in [1.807, 2.05) is 18.2 Å². The minimum atomic E-state index is 0. The van der Waals surface area contributed by atoms with Crippen LogP contribution >= 0.6 is 24.0 Å². The molecule has 0 heterocycles. The molecule has 4 nitrogen and oxygen atoms in total. The van der Waals surface area contributed by atoms with Crippen molar-refractivity contribution in [1.29, 1.82) is 0 Å². The second-order valence-corrected chi connectivity index (χ2v) is 6.25. The Morgan fingerprint density at radius 3 is 2.37 bits per heavy atom. The summed E-state index contributed by atoms with van der Waals surface area (Å²) in [6.07, 6.45) is 2.92. The molecule has 27 heavy (non-hydrogen) atoms. The molecule has 0 radical (unpaired) electrons. The number of hydrogen-bond donors (Lipinski definition) is 1. The first-order valence-electron chi connectivity index (χ1n) is 9.53. The van der Waals surface area contributed by atoms with E-state index in [0.29, 0.717) is 12.5 Å². The van der Waals surface area contributed by atoms with Crippen LogP contribution in [0.3, 0.4) is 0 Å². The standard InChI is InChI=1S/C22H31N3O.HI/c1-3-25(4-2)22(23)24-16-15-20-12-8-14-21(18-20)26-17-9-13-19-10-6-5-7-11-19;/h5-8,10-12,14,18H,3-4,9,13,15-17H2,1-2H3,(H2,23,24);1H. The van der Waals surface area contributed by atoms with Crippen LogP contribution in [0.15, 0.2) is 59.6 Å². The lowest BCUT2D eigenvalue weighted by molar-refractivity contribution is 0.310. The van der Waals surface area contributed by atoms with Crippen molar-refractivity contribution in [2.75, 3.05) is 26.2 Å². The van der Waals surface area contributed by atoms with Gasteiger partial charge in [-0.25, -0.2) is 0 Å². The molecule has 5 heteroatoms. The molecule has 0 unspecified atom stereocenters. The van der Waals surface area contributed by atoms with Crippen LogP contribution in [0.1, 0.15) is 31.4 Å². The van der Waals surface area contributed by atoms with Crippen LogP contribution in [0.4, 0.5) is 0 Å². The van der Waals surface area contributed by atoms with Crippen molar-refractivity contribution in [3.8, 4) is 5.75 Å². The van der Waals surface area contributed by atoms with E-state index in [1.165, 1.54) is 11.1 Å². The third-order valence-corrected chi connectivity index (χ3v) is 4.38. The van der Waals surface area contributed by atoms with Gasteiger partial charge in [0.25, 0.3) is 0 Å². The highest BCUT2D eigenvalue weighted by Crippen LogP contribution is 2.14. The molecule has 2 rings (SSSR count). The average molecular weight is 481 g/mol. The van der Waals surface area contributed by atoms with Crippen LogP contribution in [0.5, 0.6) is 5.75 Å². The van der Waals surface area contributed by atoms with Crippen LogP contribution in [0.2, 0.25) is 0 Å². The molecule has 0 bridgehead atoms. The summed E-state index contributed by atoms with van der Waals surface area (Å²) in [6, 6.07) is 18.8. The molecule has 0 aliphatic carbocycles. The zero-order chi connectivity index (χ0) is 18.6. The molecule has 0 amide bonds. The van der Waals surface area contributed by atoms with E-state index in [9.17, 15) is 0 Å². The predicted octanol–water partition coefficient (Wildman–Crippen LogP) is 4.52. The number of halogens is 1. The fourth-order valence-corrected chi connectivity index (χ4v) is 2.85. The Labute approximate surface area is 180 Å². The van der Waals surface area contributed by atoms with Gasteiger partial charge in [0.05, 0.1) is 6.61 Å². The van der Waals surface area contributed by atoms with Gasteiger partial charge >= 0.3 is 0 Å². The van der Waals surface area contributed by atoms with Crippen molar-refractivity contribution in [2.24, 2.45) is 10.7 Å². The highest BCUT2D eigenvalue weighted by Gasteiger charge is 2.02. The molecule has 2 N–H and O–H groups in total. The predicted molar refractivity (Wildman–Crippen MR) is 125 cm³/mol. The van der Waals surface area contributed by atoms with Gasteiger partial charge in [0.2, 0.25) is 0 Å². The van der Waals surface area contributed by atoms with Crippen molar-refractivity contribution in [1.82, 2.24) is 4.90 Å². The maximum Gasteiger partial charge on any atom is 0.191 e. The summed E-state index contributed by atoms with van der Waals surface area (Å²) in [5.74, 6) is 1.56. The molecular weight excluding hydrogens is 449 g/mol. The highest BCUT2D eigenvalue weighted by atomic mass is 127. The van der Waals surface area contributed by atoms with Crippen molar-refractivity contribution >= 4 is 29.9 Å². The number of hydrogen-bond acceptors (Lipinski definition) is 2. The molecule has 2 aromatic rings. The Hall–Kier alpha value is -1.76. The van der Waals surface area contributed by atoms with Crippen molar-refractivity contribution in [3.05, 3.63) is 65.7 Å². The number of rotatable bonds is 10. The van der Waals surface area contributed by atoms with E-state index >= 15 is 0 Å². The van der Waals surface area contributed by atoms with Gasteiger partial charge in [0.1, 0.15) is 5.75 Å². The Balaban J connectivity index is 0.00000364. The van der Waals surface area contributed by atoms with Crippen LogP contribution in [-0.4, -0.2) is 37.1 Å². The summed E-state index contributed by atoms with van der Waals surface area (Å²) in [4.78, 5) is 6.54. The first-order valence-corrected chi connectivity index (χ1v) is 9.53. The lowest BCUT2D eigenvalue weighted by Gasteiger charge is -2.19. The van der Waals surface area contributed by atoms with Crippen LogP contribution < -0.4 is 10.5 Å². The summed E-state index contributed by atoms with van der Waals surface area (Å²) in [6.45, 7) is 7.37. The van der Waals surface area contributed by atoms with E-state index < -0.39 is 0 Å². The molecule has 0 aliphatic rings. The molecule has 0 saturated heterocycles. The van der Waals surface area contributed by atoms with Crippen molar-refractivity contribution in [2.45, 2.75) is 33.1 Å². The SMILES string of the molecule is CCN(CC)C(N)=NCCc1cccc(OCCCc2ccccc2)c1.I. The number of aliphatic imine (C=N–C) groups is 1. The molecule has 0 atom stereocenters. The average Bonchev–Trinajstić information content (AvgIpc) is 2.67. The smallest absolute Gasteiger partial charge is 0.191 e. The normalized spacial score (nSPS) is 11.0. The number of nitrogens with zero attached hydrogens (tertiary/aromatic N) is 2. The number of nitrogens with two attached hydrogens (primary N) is 1. The lowest BCUT2D eigenvalue weighted by atomic mass is 10.1. The van der Waals surface area contributed by atoms with Gasteiger partial charge in [-0.05, 0) is 56.4 Å². The largest absolute Gasteiger partial charge is 0.494 e. The Kier molecular flexibility index (Phi) is 11.6. The number of benzene rings is 2. The fraction of sp³-hybridized carbons (Fsp3) is 0.409. The number of guanidine groups is 1. The summed E-state index contributed by atoms with van der Waals surface area (Å²) in [5, 5.41) is 0. The van der Waals surface area contributed by atoms with Crippen LogP contribution in [0, 0.1) is 0 Å². The molecule has 0 aliphatic heterocycles. The van der Waals surface area contributed by atoms with Crippen molar-refractivity contribution in [3.63, 3.8) is 0 Å². The molecule has 0 saturated carbocycles. The van der Waals surface area contributed by atoms with Gasteiger partial charge in [-0.15, -0.1) is 24.0 Å². The summed E-state index contributed by atoms with van der Waals surface area (Å²) >= 11 is 0. The minimum Gasteiger partial charge on any atom is -0.494 e. The van der Waals surface area contributed by atoms with Crippen molar-refractivity contribution < 1.29 is 4.74 Å². The Morgan fingerprint density at radius 1 is 0.963 bits per heavy atom. The molecule has 0 aromatic heterocycles. The first-order chi connectivity index (χ1) is 12.7. The zero-order valence-corrected chi connectivity index (χ0v) is 18.8. The summed E-state index contributed by atoms with van der Waals surface area (Å²) < 4.78 is 5.90. The van der Waals surface area contributed by atoms with E-state index in [0.717, 1.165) is 44.7 Å². The summed E-state index contributed by atoms with van der Waals surface area (Å²) in [7, 11) is 0. The first kappa shape index (κ1) is 23.3. The van der Waals surface area contributed by atoms with Gasteiger partial charge < -0.3 is 15.4 Å². The maximum atomic E-state index is 6.01. The monoisotopic (exact) mass is 481 g/mol. The molecule has 0 spiro atoms. The maximum absolute atomic E-state index is 6.01. The quantitative estimate of drug-likeness (QED) is 0.235. The molecule has 148 valence electrons. The zero-order valence-electron chi connectivity index (χ0n) is 16.4. The van der Waals surface area contributed by atoms with Gasteiger partial charge in [-0.1, -0.05) is 42.5 Å². The molecule has 2 aromatic carbocycles. The number of aryl methyl sites for hydroxylation is 1. The second-order valence-electron chi connectivity index (χ2n) is 6.25. The third-order valence-electron chi connectivity index (χ3n) is 4.38. The van der Waals surface area contributed by atoms with Crippen LogP contribution in [0.25, 0.3) is 0 Å². The van der Waals surface area contributed by atoms with E-state index in [-0.39, 0.29) is 24.0 Å². The van der Waals surface area contributed by atoms with E-state index in [1.54, 1.807) is 0 Å². The van der Waals surface area contributed by atoms with E-state index in [2.05, 4.69) is 60.1 Å². The Bertz CT molecular complexity index is 672. The van der Waals surface area contributed by atoms with Gasteiger partial charge in [0.15, 0.2) is 5.96 Å². The van der Waals surface area contributed by atoms with Gasteiger partial charge in [-0.3, -0.25) is 4.99 Å². The Morgan fingerprint density at radius 2 is 1.67 bits per heavy atom. The van der Waals surface area contributed by atoms with Gasteiger partial charge in [-0.2, -0.15) is 0 Å². The second kappa shape index (κ2) is 13.4. The molecular formula is C22H32IN3O. The third kappa shape index (κ3) is 8.65. The molecule has 0 fully saturated rings. The summed E-state index contributed by atoms with van der Waals surface area (Å²) in [5.41, 5.74) is 8.59. The van der Waals surface area contributed by atoms with Gasteiger partial charge in [0, 0.05) is 19.6 Å². The topological polar surface area (TPSA) is 50.8 Å². The number of ether oxygens (including phenoxy) is 1. The van der Waals surface area contributed by atoms with Crippen LogP contribution in [-0.2, 0) is 12.8 Å². The lowest BCUT2D eigenvalue weighted by Crippen LogP contribution is -2.37. The van der Waals surface area contributed by atoms with E-state index in [4.69, 9.17) is 10.5 Å². The minimum absolute atomic E-state index is 0. The fourth-order valence-electron chi connectivity index (χ4n) is 2.85. The highest BCUT2D eigenvalue weighted by molar-refractivity contribution is 14.0.